The molecule has 2 aliphatic heterocycles. The SMILES string of the molecule is N#Cc1ccc(N2C(=O)C(c3ccc(Cl)cc3Cl)=C(N3CCCCC3)C2=O)cc1. The van der Waals surface area contributed by atoms with Crippen LogP contribution in [0.15, 0.2) is 48.2 Å². The average Bonchev–Trinajstić information content (AvgIpc) is 2.99. The minimum Gasteiger partial charge on any atom is -0.366 e. The standard InChI is InChI=1S/C22H17Cl2N3O2/c23-15-6-9-17(18(24)12-15)19-20(26-10-2-1-3-11-26)22(29)27(21(19)28)16-7-4-14(13-25)5-8-16/h4-9,12H,1-3,10-11H2. The Morgan fingerprint density at radius 2 is 1.59 bits per heavy atom. The molecule has 2 aromatic rings. The van der Waals surface area contributed by atoms with Gasteiger partial charge in [0, 0.05) is 23.7 Å². The van der Waals surface area contributed by atoms with Crippen molar-refractivity contribution in [2.24, 2.45) is 0 Å². The molecule has 2 amide bonds. The second kappa shape index (κ2) is 7.90. The maximum Gasteiger partial charge on any atom is 0.282 e. The number of anilines is 1. The molecule has 29 heavy (non-hydrogen) atoms. The first-order chi connectivity index (χ1) is 14.0. The Morgan fingerprint density at radius 3 is 2.21 bits per heavy atom. The zero-order valence-corrected chi connectivity index (χ0v) is 17.0. The molecule has 5 nitrogen and oxygen atoms in total. The van der Waals surface area contributed by atoms with Crippen molar-refractivity contribution in [3.8, 4) is 6.07 Å². The Balaban J connectivity index is 1.84. The monoisotopic (exact) mass is 425 g/mol. The maximum atomic E-state index is 13.4. The number of hydrogen-bond donors (Lipinski definition) is 0. The van der Waals surface area contributed by atoms with E-state index >= 15 is 0 Å². The largest absolute Gasteiger partial charge is 0.366 e. The van der Waals surface area contributed by atoms with Crippen LogP contribution in [0.4, 0.5) is 5.69 Å². The van der Waals surface area contributed by atoms with E-state index in [0.29, 0.717) is 51.2 Å². The molecule has 1 fully saturated rings. The lowest BCUT2D eigenvalue weighted by Crippen LogP contribution is -2.37. The molecular weight excluding hydrogens is 409 g/mol. The van der Waals surface area contributed by atoms with Crippen LogP contribution >= 0.6 is 23.2 Å². The second-order valence-electron chi connectivity index (χ2n) is 7.00. The van der Waals surface area contributed by atoms with Crippen molar-refractivity contribution in [3.05, 3.63) is 69.3 Å². The molecule has 0 spiro atoms. The number of nitrogens with zero attached hydrogens (tertiary/aromatic N) is 3. The molecule has 0 atom stereocenters. The molecule has 2 aliphatic rings. The van der Waals surface area contributed by atoms with Crippen molar-refractivity contribution in [2.75, 3.05) is 18.0 Å². The number of benzene rings is 2. The minimum absolute atomic E-state index is 0.294. The molecule has 0 unspecified atom stereocenters. The summed E-state index contributed by atoms with van der Waals surface area (Å²) in [6.45, 7) is 1.43. The lowest BCUT2D eigenvalue weighted by Gasteiger charge is -2.29. The highest BCUT2D eigenvalue weighted by Crippen LogP contribution is 2.38. The molecule has 0 radical (unpaired) electrons. The summed E-state index contributed by atoms with van der Waals surface area (Å²) < 4.78 is 0. The normalized spacial score (nSPS) is 17.1. The predicted molar refractivity (Wildman–Crippen MR) is 112 cm³/mol. The van der Waals surface area contributed by atoms with E-state index < -0.39 is 5.91 Å². The van der Waals surface area contributed by atoms with Crippen LogP contribution in [0.2, 0.25) is 10.0 Å². The van der Waals surface area contributed by atoms with Gasteiger partial charge in [-0.25, -0.2) is 4.90 Å². The van der Waals surface area contributed by atoms with Crippen LogP contribution in [0.1, 0.15) is 30.4 Å². The predicted octanol–water partition coefficient (Wildman–Crippen LogP) is 4.64. The summed E-state index contributed by atoms with van der Waals surface area (Å²) in [4.78, 5) is 30.0. The van der Waals surface area contributed by atoms with Gasteiger partial charge in [0.1, 0.15) is 5.70 Å². The van der Waals surface area contributed by atoms with Gasteiger partial charge in [-0.1, -0.05) is 29.3 Å². The highest BCUT2D eigenvalue weighted by atomic mass is 35.5. The van der Waals surface area contributed by atoms with Gasteiger partial charge >= 0.3 is 0 Å². The van der Waals surface area contributed by atoms with E-state index in [9.17, 15) is 9.59 Å². The zero-order chi connectivity index (χ0) is 20.5. The lowest BCUT2D eigenvalue weighted by molar-refractivity contribution is -0.120. The molecule has 0 aliphatic carbocycles. The van der Waals surface area contributed by atoms with Crippen LogP contribution in [0, 0.1) is 11.3 Å². The molecule has 0 saturated carbocycles. The fraction of sp³-hybridized carbons (Fsp3) is 0.227. The molecule has 7 heteroatoms. The Kier molecular flexibility index (Phi) is 5.31. The van der Waals surface area contributed by atoms with Gasteiger partial charge in [0.2, 0.25) is 0 Å². The Morgan fingerprint density at radius 1 is 0.897 bits per heavy atom. The summed E-state index contributed by atoms with van der Waals surface area (Å²) in [5.41, 5.74) is 2.05. The number of carbonyl (C=O) groups excluding carboxylic acids is 2. The minimum atomic E-state index is -0.426. The summed E-state index contributed by atoms with van der Waals surface area (Å²) in [7, 11) is 0. The number of rotatable bonds is 3. The van der Waals surface area contributed by atoms with Crippen LogP contribution in [-0.2, 0) is 9.59 Å². The second-order valence-corrected chi connectivity index (χ2v) is 7.84. The third-order valence-corrected chi connectivity index (χ3v) is 5.73. The fourth-order valence-corrected chi connectivity index (χ4v) is 4.29. The molecule has 146 valence electrons. The van der Waals surface area contributed by atoms with Gasteiger partial charge in [-0.05, 0) is 55.7 Å². The molecule has 2 heterocycles. The van der Waals surface area contributed by atoms with Crippen LogP contribution in [0.3, 0.4) is 0 Å². The van der Waals surface area contributed by atoms with E-state index in [1.54, 1.807) is 42.5 Å². The Labute approximate surface area is 178 Å². The highest BCUT2D eigenvalue weighted by Gasteiger charge is 2.43. The maximum absolute atomic E-state index is 13.4. The molecule has 0 bridgehead atoms. The third-order valence-electron chi connectivity index (χ3n) is 5.19. The van der Waals surface area contributed by atoms with Gasteiger partial charge in [0.25, 0.3) is 11.8 Å². The molecule has 0 N–H and O–H groups in total. The van der Waals surface area contributed by atoms with Crippen molar-refractivity contribution in [2.45, 2.75) is 19.3 Å². The van der Waals surface area contributed by atoms with Crippen LogP contribution in [0.25, 0.3) is 5.57 Å². The van der Waals surface area contributed by atoms with Crippen LogP contribution in [0.5, 0.6) is 0 Å². The average molecular weight is 426 g/mol. The number of hydrogen-bond acceptors (Lipinski definition) is 4. The van der Waals surface area contributed by atoms with Crippen molar-refractivity contribution in [1.82, 2.24) is 4.90 Å². The Bertz CT molecular complexity index is 1060. The molecule has 4 rings (SSSR count). The molecule has 1 saturated heterocycles. The van der Waals surface area contributed by atoms with E-state index in [1.807, 2.05) is 11.0 Å². The van der Waals surface area contributed by atoms with E-state index in [-0.39, 0.29) is 5.91 Å². The number of halogens is 2. The van der Waals surface area contributed by atoms with Crippen molar-refractivity contribution >= 4 is 46.3 Å². The number of carbonyl (C=O) groups is 2. The molecule has 2 aromatic carbocycles. The molecular formula is C22H17Cl2N3O2. The van der Waals surface area contributed by atoms with Gasteiger partial charge < -0.3 is 4.90 Å². The fourth-order valence-electron chi connectivity index (χ4n) is 3.78. The van der Waals surface area contributed by atoms with Crippen LogP contribution in [-0.4, -0.2) is 29.8 Å². The first-order valence-electron chi connectivity index (χ1n) is 9.35. The van der Waals surface area contributed by atoms with Crippen molar-refractivity contribution < 1.29 is 9.59 Å². The van der Waals surface area contributed by atoms with E-state index in [4.69, 9.17) is 28.5 Å². The van der Waals surface area contributed by atoms with Gasteiger partial charge in [-0.2, -0.15) is 5.26 Å². The summed E-state index contributed by atoms with van der Waals surface area (Å²) in [6.07, 6.45) is 3.02. The number of imide groups is 1. The van der Waals surface area contributed by atoms with Crippen molar-refractivity contribution in [3.63, 3.8) is 0 Å². The van der Waals surface area contributed by atoms with Gasteiger partial charge in [-0.15, -0.1) is 0 Å². The number of likely N-dealkylation sites (tertiary alicyclic amines) is 1. The van der Waals surface area contributed by atoms with E-state index in [0.717, 1.165) is 24.2 Å². The topological polar surface area (TPSA) is 64.4 Å². The summed E-state index contributed by atoms with van der Waals surface area (Å²) in [5.74, 6) is -0.799. The smallest absolute Gasteiger partial charge is 0.282 e. The summed E-state index contributed by atoms with van der Waals surface area (Å²) in [5, 5.41) is 9.80. The van der Waals surface area contributed by atoms with E-state index in [2.05, 4.69) is 0 Å². The van der Waals surface area contributed by atoms with Gasteiger partial charge in [0.15, 0.2) is 0 Å². The Hall–Kier alpha value is -2.81. The number of amides is 2. The molecule has 0 aromatic heterocycles. The quantitative estimate of drug-likeness (QED) is 0.672. The summed E-state index contributed by atoms with van der Waals surface area (Å²) in [6, 6.07) is 13.3. The van der Waals surface area contributed by atoms with Gasteiger partial charge in [-0.3, -0.25) is 9.59 Å². The number of nitriles is 1. The lowest BCUT2D eigenvalue weighted by atomic mass is 10.0. The summed E-state index contributed by atoms with van der Waals surface area (Å²) >= 11 is 12.4. The highest BCUT2D eigenvalue weighted by molar-refractivity contribution is 6.47. The van der Waals surface area contributed by atoms with Gasteiger partial charge in [0.05, 0.1) is 27.9 Å². The van der Waals surface area contributed by atoms with Crippen LogP contribution < -0.4 is 4.90 Å². The third kappa shape index (κ3) is 3.50. The zero-order valence-electron chi connectivity index (χ0n) is 15.5. The first kappa shape index (κ1) is 19.5. The van der Waals surface area contributed by atoms with Crippen molar-refractivity contribution in [1.29, 1.82) is 5.26 Å². The number of piperidine rings is 1. The first-order valence-corrected chi connectivity index (χ1v) is 10.1. The van der Waals surface area contributed by atoms with E-state index in [1.165, 1.54) is 0 Å².